The van der Waals surface area contributed by atoms with Crippen molar-refractivity contribution in [2.24, 2.45) is 0 Å². The SMILES string of the molecule is Cc1ccn(-c2cccc(C(F)(F)F)c2)c(=O)c1-c1cnc(N)nc1. The van der Waals surface area contributed by atoms with Gasteiger partial charge in [-0.3, -0.25) is 9.36 Å². The van der Waals surface area contributed by atoms with Crippen molar-refractivity contribution < 1.29 is 13.2 Å². The molecule has 0 aliphatic carbocycles. The average molecular weight is 346 g/mol. The molecule has 25 heavy (non-hydrogen) atoms. The van der Waals surface area contributed by atoms with Crippen molar-refractivity contribution in [1.82, 2.24) is 14.5 Å². The molecular weight excluding hydrogens is 333 g/mol. The first-order chi connectivity index (χ1) is 11.8. The number of pyridine rings is 1. The maximum absolute atomic E-state index is 12.9. The number of alkyl halides is 3. The summed E-state index contributed by atoms with van der Waals surface area (Å²) < 4.78 is 39.9. The zero-order chi connectivity index (χ0) is 18.2. The average Bonchev–Trinajstić information content (AvgIpc) is 2.56. The molecule has 0 aliphatic heterocycles. The van der Waals surface area contributed by atoms with Crippen molar-refractivity contribution in [1.29, 1.82) is 0 Å². The molecule has 8 heteroatoms. The van der Waals surface area contributed by atoms with Gasteiger partial charge in [0.05, 0.1) is 11.1 Å². The van der Waals surface area contributed by atoms with Gasteiger partial charge in [0, 0.05) is 29.8 Å². The third-order valence-electron chi connectivity index (χ3n) is 3.71. The molecule has 3 aromatic rings. The lowest BCUT2D eigenvalue weighted by molar-refractivity contribution is -0.137. The van der Waals surface area contributed by atoms with Crippen molar-refractivity contribution >= 4 is 5.95 Å². The summed E-state index contributed by atoms with van der Waals surface area (Å²) in [6.45, 7) is 1.73. The second-order valence-electron chi connectivity index (χ2n) is 5.43. The third kappa shape index (κ3) is 3.23. The number of hydrogen-bond acceptors (Lipinski definition) is 4. The highest BCUT2D eigenvalue weighted by Gasteiger charge is 2.30. The first kappa shape index (κ1) is 16.7. The van der Waals surface area contributed by atoms with Gasteiger partial charge in [0.25, 0.3) is 5.56 Å². The van der Waals surface area contributed by atoms with Gasteiger partial charge in [-0.1, -0.05) is 6.07 Å². The first-order valence-electron chi connectivity index (χ1n) is 7.25. The Bertz CT molecular complexity index is 978. The van der Waals surface area contributed by atoms with E-state index in [-0.39, 0.29) is 11.6 Å². The van der Waals surface area contributed by atoms with Crippen LogP contribution in [0.4, 0.5) is 19.1 Å². The number of nitrogens with zero attached hydrogens (tertiary/aromatic N) is 3. The van der Waals surface area contributed by atoms with Crippen molar-refractivity contribution in [3.05, 3.63) is 70.4 Å². The van der Waals surface area contributed by atoms with Crippen LogP contribution in [0.5, 0.6) is 0 Å². The number of hydrogen-bond donors (Lipinski definition) is 1. The Balaban J connectivity index is 2.18. The van der Waals surface area contributed by atoms with Gasteiger partial charge in [-0.15, -0.1) is 0 Å². The van der Waals surface area contributed by atoms with E-state index in [0.29, 0.717) is 16.7 Å². The Labute approximate surface area is 140 Å². The van der Waals surface area contributed by atoms with Gasteiger partial charge in [0.1, 0.15) is 0 Å². The van der Waals surface area contributed by atoms with Crippen LogP contribution in [0.15, 0.2) is 53.7 Å². The first-order valence-corrected chi connectivity index (χ1v) is 7.25. The molecule has 1 aromatic carbocycles. The molecule has 0 unspecified atom stereocenters. The van der Waals surface area contributed by atoms with Gasteiger partial charge in [-0.25, -0.2) is 9.97 Å². The van der Waals surface area contributed by atoms with Crippen LogP contribution < -0.4 is 11.3 Å². The summed E-state index contributed by atoms with van der Waals surface area (Å²) >= 11 is 0. The van der Waals surface area contributed by atoms with Crippen LogP contribution in [0.2, 0.25) is 0 Å². The fourth-order valence-electron chi connectivity index (χ4n) is 2.48. The van der Waals surface area contributed by atoms with E-state index in [1.165, 1.54) is 30.7 Å². The van der Waals surface area contributed by atoms with Crippen LogP contribution in [0.3, 0.4) is 0 Å². The summed E-state index contributed by atoms with van der Waals surface area (Å²) in [7, 11) is 0. The monoisotopic (exact) mass is 346 g/mol. The van der Waals surface area contributed by atoms with E-state index in [0.717, 1.165) is 16.7 Å². The summed E-state index contributed by atoms with van der Waals surface area (Å²) in [6.07, 6.45) is -0.238. The molecule has 5 nitrogen and oxygen atoms in total. The number of nitrogens with two attached hydrogens (primary N) is 1. The van der Waals surface area contributed by atoms with Gasteiger partial charge >= 0.3 is 6.18 Å². The van der Waals surface area contributed by atoms with Crippen molar-refractivity contribution in [3.63, 3.8) is 0 Å². The lowest BCUT2D eigenvalue weighted by Gasteiger charge is -2.13. The van der Waals surface area contributed by atoms with E-state index in [9.17, 15) is 18.0 Å². The van der Waals surface area contributed by atoms with Crippen molar-refractivity contribution in [2.45, 2.75) is 13.1 Å². The van der Waals surface area contributed by atoms with Crippen molar-refractivity contribution in [3.8, 4) is 16.8 Å². The molecule has 0 aliphatic rings. The number of benzene rings is 1. The summed E-state index contributed by atoms with van der Waals surface area (Å²) in [5.41, 5.74) is 5.68. The molecule has 128 valence electrons. The van der Waals surface area contributed by atoms with E-state index >= 15 is 0 Å². The summed E-state index contributed by atoms with van der Waals surface area (Å²) in [5, 5.41) is 0. The molecule has 0 bridgehead atoms. The second-order valence-corrected chi connectivity index (χ2v) is 5.43. The minimum absolute atomic E-state index is 0.0653. The molecule has 0 radical (unpaired) electrons. The van der Waals surface area contributed by atoms with Crippen LogP contribution in [0.25, 0.3) is 16.8 Å². The van der Waals surface area contributed by atoms with Crippen LogP contribution in [0.1, 0.15) is 11.1 Å². The van der Waals surface area contributed by atoms with Gasteiger partial charge in [0.2, 0.25) is 5.95 Å². The van der Waals surface area contributed by atoms with E-state index < -0.39 is 17.3 Å². The molecule has 3 rings (SSSR count). The molecule has 0 spiro atoms. The van der Waals surface area contributed by atoms with Gasteiger partial charge in [0.15, 0.2) is 0 Å². The Morgan fingerprint density at radius 3 is 2.44 bits per heavy atom. The largest absolute Gasteiger partial charge is 0.416 e. The number of halogens is 3. The molecular formula is C17H13F3N4O. The Morgan fingerprint density at radius 1 is 1.12 bits per heavy atom. The van der Waals surface area contributed by atoms with Crippen molar-refractivity contribution in [2.75, 3.05) is 5.73 Å². The van der Waals surface area contributed by atoms with Crippen LogP contribution in [-0.2, 0) is 6.18 Å². The molecule has 2 N–H and O–H groups in total. The molecule has 2 heterocycles. The molecule has 0 amide bonds. The summed E-state index contributed by atoms with van der Waals surface area (Å²) in [4.78, 5) is 20.5. The lowest BCUT2D eigenvalue weighted by atomic mass is 10.1. The normalized spacial score (nSPS) is 11.5. The smallest absolute Gasteiger partial charge is 0.368 e. The van der Waals surface area contributed by atoms with Crippen LogP contribution in [-0.4, -0.2) is 14.5 Å². The van der Waals surface area contributed by atoms with E-state index in [4.69, 9.17) is 5.73 Å². The number of aromatic nitrogens is 3. The second kappa shape index (κ2) is 6.04. The zero-order valence-electron chi connectivity index (χ0n) is 13.1. The Kier molecular flexibility index (Phi) is 4.03. The van der Waals surface area contributed by atoms with Gasteiger partial charge in [-0.2, -0.15) is 13.2 Å². The molecule has 0 saturated heterocycles. The standard InChI is InChI=1S/C17H13F3N4O/c1-10-5-6-24(13-4-2-3-12(7-13)17(18,19)20)15(25)14(10)11-8-22-16(21)23-9-11/h2-9H,1H3,(H2,21,22,23). The highest BCUT2D eigenvalue weighted by atomic mass is 19.4. The Hall–Kier alpha value is -3.16. The minimum atomic E-state index is -4.49. The number of rotatable bonds is 2. The molecule has 0 fully saturated rings. The highest BCUT2D eigenvalue weighted by molar-refractivity contribution is 5.65. The van der Waals surface area contributed by atoms with Gasteiger partial charge < -0.3 is 5.73 Å². The highest BCUT2D eigenvalue weighted by Crippen LogP contribution is 2.30. The third-order valence-corrected chi connectivity index (χ3v) is 3.71. The maximum atomic E-state index is 12.9. The summed E-state index contributed by atoms with van der Waals surface area (Å²) in [6, 6.07) is 6.23. The van der Waals surface area contributed by atoms with E-state index in [1.54, 1.807) is 13.0 Å². The van der Waals surface area contributed by atoms with Crippen LogP contribution >= 0.6 is 0 Å². The fourth-order valence-corrected chi connectivity index (χ4v) is 2.48. The van der Waals surface area contributed by atoms with Gasteiger partial charge in [-0.05, 0) is 36.8 Å². The van der Waals surface area contributed by atoms with Crippen LogP contribution in [0, 0.1) is 6.92 Å². The molecule has 0 atom stereocenters. The summed E-state index contributed by atoms with van der Waals surface area (Å²) in [5.74, 6) is 0.0653. The number of anilines is 1. The van der Waals surface area contributed by atoms with E-state index in [2.05, 4.69) is 9.97 Å². The minimum Gasteiger partial charge on any atom is -0.368 e. The topological polar surface area (TPSA) is 73.8 Å². The molecule has 0 saturated carbocycles. The fraction of sp³-hybridized carbons (Fsp3) is 0.118. The quantitative estimate of drug-likeness (QED) is 0.773. The maximum Gasteiger partial charge on any atom is 0.416 e. The lowest BCUT2D eigenvalue weighted by Crippen LogP contribution is -2.21. The van der Waals surface area contributed by atoms with E-state index in [1.807, 2.05) is 0 Å². The Morgan fingerprint density at radius 2 is 1.80 bits per heavy atom. The number of aryl methyl sites for hydroxylation is 1. The molecule has 2 aromatic heterocycles. The number of nitrogen functional groups attached to an aromatic ring is 1. The predicted octanol–water partition coefficient (Wildman–Crippen LogP) is 3.20. The zero-order valence-corrected chi connectivity index (χ0v) is 13.1. The predicted molar refractivity (Wildman–Crippen MR) is 87.2 cm³/mol.